The molecule has 1 fully saturated rings. The molecule has 4 rings (SSSR count). The molecule has 0 radical (unpaired) electrons. The van der Waals surface area contributed by atoms with Gasteiger partial charge in [0.05, 0.1) is 16.9 Å². The molecule has 2 N–H and O–H groups in total. The van der Waals surface area contributed by atoms with Crippen molar-refractivity contribution in [1.29, 1.82) is 0 Å². The normalized spacial score (nSPS) is 16.4. The summed E-state index contributed by atoms with van der Waals surface area (Å²) in [4.78, 5) is 17.1. The molecule has 1 aliphatic heterocycles. The minimum atomic E-state index is -0.170. The summed E-state index contributed by atoms with van der Waals surface area (Å²) < 4.78 is 1.71. The first-order chi connectivity index (χ1) is 13.1. The molecule has 1 aromatic carbocycles. The fourth-order valence-corrected chi connectivity index (χ4v) is 3.62. The Labute approximate surface area is 158 Å². The Morgan fingerprint density at radius 3 is 2.89 bits per heavy atom. The van der Waals surface area contributed by atoms with Crippen molar-refractivity contribution in [3.63, 3.8) is 0 Å². The van der Waals surface area contributed by atoms with Gasteiger partial charge in [-0.2, -0.15) is 0 Å². The van der Waals surface area contributed by atoms with Crippen LogP contribution in [0.15, 0.2) is 36.5 Å². The Kier molecular flexibility index (Phi) is 4.61. The number of hydrogen-bond donors (Lipinski definition) is 2. The molecule has 2 aromatic heterocycles. The van der Waals surface area contributed by atoms with E-state index in [2.05, 4.69) is 32.9 Å². The summed E-state index contributed by atoms with van der Waals surface area (Å²) in [7, 11) is 0. The molecule has 3 heterocycles. The van der Waals surface area contributed by atoms with Crippen LogP contribution in [0.25, 0.3) is 16.6 Å². The van der Waals surface area contributed by atoms with Gasteiger partial charge in [-0.1, -0.05) is 18.2 Å². The van der Waals surface area contributed by atoms with Gasteiger partial charge in [0, 0.05) is 18.1 Å². The van der Waals surface area contributed by atoms with Gasteiger partial charge in [-0.3, -0.25) is 9.78 Å². The third-order valence-electron chi connectivity index (χ3n) is 5.45. The van der Waals surface area contributed by atoms with E-state index in [1.54, 1.807) is 10.9 Å². The SMILES string of the molecule is Cc1c(C(=O)NCC2(C)CCNCC2)nnn1-c1cccc2ncccc12. The Bertz CT molecular complexity index is 968. The zero-order valence-electron chi connectivity index (χ0n) is 15.7. The quantitative estimate of drug-likeness (QED) is 0.742. The largest absolute Gasteiger partial charge is 0.350 e. The molecular weight excluding hydrogens is 340 g/mol. The minimum Gasteiger partial charge on any atom is -0.350 e. The molecular formula is C20H24N6O. The molecule has 0 spiro atoms. The number of fused-ring (bicyclic) bond motifs is 1. The van der Waals surface area contributed by atoms with Gasteiger partial charge < -0.3 is 10.6 Å². The van der Waals surface area contributed by atoms with Crippen molar-refractivity contribution in [2.75, 3.05) is 19.6 Å². The average Bonchev–Trinajstić information content (AvgIpc) is 3.07. The second-order valence-electron chi connectivity index (χ2n) is 7.53. The lowest BCUT2D eigenvalue weighted by Crippen LogP contribution is -2.43. The lowest BCUT2D eigenvalue weighted by Gasteiger charge is -2.34. The molecule has 0 atom stereocenters. The molecule has 140 valence electrons. The summed E-state index contributed by atoms with van der Waals surface area (Å²) in [5.41, 5.74) is 2.98. The monoisotopic (exact) mass is 364 g/mol. The molecule has 27 heavy (non-hydrogen) atoms. The van der Waals surface area contributed by atoms with E-state index in [0.29, 0.717) is 12.2 Å². The van der Waals surface area contributed by atoms with Crippen LogP contribution in [0.4, 0.5) is 0 Å². The van der Waals surface area contributed by atoms with E-state index in [0.717, 1.165) is 48.2 Å². The van der Waals surface area contributed by atoms with Crippen molar-refractivity contribution in [3.8, 4) is 5.69 Å². The van der Waals surface area contributed by atoms with Crippen LogP contribution in [0.2, 0.25) is 0 Å². The van der Waals surface area contributed by atoms with Gasteiger partial charge in [0.2, 0.25) is 0 Å². The van der Waals surface area contributed by atoms with E-state index in [1.807, 2.05) is 37.3 Å². The number of hydrogen-bond acceptors (Lipinski definition) is 5. The number of nitrogens with zero attached hydrogens (tertiary/aromatic N) is 4. The molecule has 1 aliphatic rings. The highest BCUT2D eigenvalue weighted by Gasteiger charge is 2.28. The van der Waals surface area contributed by atoms with Crippen LogP contribution in [-0.4, -0.2) is 45.5 Å². The maximum atomic E-state index is 12.7. The molecule has 7 heteroatoms. The smallest absolute Gasteiger partial charge is 0.273 e. The molecule has 0 aliphatic carbocycles. The molecule has 3 aromatic rings. The molecule has 0 unspecified atom stereocenters. The topological polar surface area (TPSA) is 84.7 Å². The van der Waals surface area contributed by atoms with E-state index < -0.39 is 0 Å². The second kappa shape index (κ2) is 7.08. The summed E-state index contributed by atoms with van der Waals surface area (Å²) in [5, 5.41) is 15.8. The van der Waals surface area contributed by atoms with Crippen LogP contribution in [0.1, 0.15) is 35.9 Å². The second-order valence-corrected chi connectivity index (χ2v) is 7.53. The minimum absolute atomic E-state index is 0.131. The molecule has 0 bridgehead atoms. The van der Waals surface area contributed by atoms with Gasteiger partial charge >= 0.3 is 0 Å². The van der Waals surface area contributed by atoms with Crippen LogP contribution in [0, 0.1) is 12.3 Å². The Morgan fingerprint density at radius 1 is 1.26 bits per heavy atom. The first kappa shape index (κ1) is 17.6. The van der Waals surface area contributed by atoms with Gasteiger partial charge in [0.25, 0.3) is 5.91 Å². The number of benzene rings is 1. The van der Waals surface area contributed by atoms with Gasteiger partial charge in [-0.15, -0.1) is 5.10 Å². The zero-order chi connectivity index (χ0) is 18.9. The van der Waals surface area contributed by atoms with Crippen molar-refractivity contribution in [1.82, 2.24) is 30.6 Å². The van der Waals surface area contributed by atoms with Gasteiger partial charge in [-0.05, 0) is 62.5 Å². The van der Waals surface area contributed by atoms with Crippen LogP contribution in [0.3, 0.4) is 0 Å². The highest BCUT2D eigenvalue weighted by Crippen LogP contribution is 2.27. The Hall–Kier alpha value is -2.80. The van der Waals surface area contributed by atoms with Crippen LogP contribution < -0.4 is 10.6 Å². The maximum Gasteiger partial charge on any atom is 0.273 e. The lowest BCUT2D eigenvalue weighted by atomic mass is 9.81. The molecule has 1 amide bonds. The average molecular weight is 364 g/mol. The van der Waals surface area contributed by atoms with Crippen LogP contribution in [-0.2, 0) is 0 Å². The zero-order valence-corrected chi connectivity index (χ0v) is 15.7. The van der Waals surface area contributed by atoms with E-state index in [4.69, 9.17) is 0 Å². The third kappa shape index (κ3) is 3.42. The standard InChI is InChI=1S/C20H24N6O/c1-14-18(19(27)23-13-20(2)8-11-21-12-9-20)24-25-26(14)17-7-3-6-16-15(17)5-4-10-22-16/h3-7,10,21H,8-9,11-13H2,1-2H3,(H,23,27). The third-order valence-corrected chi connectivity index (χ3v) is 5.45. The number of nitrogens with one attached hydrogen (secondary N) is 2. The van der Waals surface area contributed by atoms with Crippen molar-refractivity contribution in [2.24, 2.45) is 5.41 Å². The van der Waals surface area contributed by atoms with Crippen molar-refractivity contribution < 1.29 is 4.79 Å². The van der Waals surface area contributed by atoms with Crippen LogP contribution in [0.5, 0.6) is 0 Å². The number of amides is 1. The number of carbonyl (C=O) groups excluding carboxylic acids is 1. The first-order valence-corrected chi connectivity index (χ1v) is 9.33. The summed E-state index contributed by atoms with van der Waals surface area (Å²) in [6.45, 7) is 6.74. The van der Waals surface area contributed by atoms with E-state index >= 15 is 0 Å². The fourth-order valence-electron chi connectivity index (χ4n) is 3.62. The predicted molar refractivity (Wildman–Crippen MR) is 104 cm³/mol. The molecule has 1 saturated heterocycles. The van der Waals surface area contributed by atoms with Gasteiger partial charge in [0.15, 0.2) is 5.69 Å². The summed E-state index contributed by atoms with van der Waals surface area (Å²) >= 11 is 0. The number of aromatic nitrogens is 4. The maximum absolute atomic E-state index is 12.7. The van der Waals surface area contributed by atoms with Crippen LogP contribution >= 0.6 is 0 Å². The van der Waals surface area contributed by atoms with Crippen molar-refractivity contribution in [3.05, 3.63) is 47.9 Å². The van der Waals surface area contributed by atoms with Crippen molar-refractivity contribution in [2.45, 2.75) is 26.7 Å². The number of pyridine rings is 1. The van der Waals surface area contributed by atoms with E-state index in [9.17, 15) is 4.79 Å². The van der Waals surface area contributed by atoms with Gasteiger partial charge in [0.1, 0.15) is 0 Å². The molecule has 7 nitrogen and oxygen atoms in total. The predicted octanol–water partition coefficient (Wildman–Crippen LogP) is 2.24. The molecule has 0 saturated carbocycles. The van der Waals surface area contributed by atoms with E-state index in [1.165, 1.54) is 0 Å². The summed E-state index contributed by atoms with van der Waals surface area (Å²) in [6.07, 6.45) is 3.88. The first-order valence-electron chi connectivity index (χ1n) is 9.33. The highest BCUT2D eigenvalue weighted by molar-refractivity contribution is 5.94. The van der Waals surface area contributed by atoms with E-state index in [-0.39, 0.29) is 11.3 Å². The van der Waals surface area contributed by atoms with Crippen molar-refractivity contribution >= 4 is 16.8 Å². The lowest BCUT2D eigenvalue weighted by molar-refractivity contribution is 0.0916. The highest BCUT2D eigenvalue weighted by atomic mass is 16.2. The fraction of sp³-hybridized carbons (Fsp3) is 0.400. The summed E-state index contributed by atoms with van der Waals surface area (Å²) in [6, 6.07) is 9.74. The number of carbonyl (C=O) groups is 1. The Morgan fingerprint density at radius 2 is 2.07 bits per heavy atom. The number of rotatable bonds is 4. The summed E-state index contributed by atoms with van der Waals surface area (Å²) in [5.74, 6) is -0.170. The number of piperidine rings is 1. The van der Waals surface area contributed by atoms with Gasteiger partial charge in [-0.25, -0.2) is 4.68 Å². The Balaban J connectivity index is 1.57.